The number of amides is 3. The van der Waals surface area contributed by atoms with Gasteiger partial charge in [-0.25, -0.2) is 0 Å². The van der Waals surface area contributed by atoms with E-state index in [4.69, 9.17) is 0 Å². The first kappa shape index (κ1) is 20.4. The predicted octanol–water partition coefficient (Wildman–Crippen LogP) is 3.66. The van der Waals surface area contributed by atoms with E-state index >= 15 is 0 Å². The maximum atomic E-state index is 13.1. The van der Waals surface area contributed by atoms with Crippen LogP contribution in [-0.2, 0) is 20.6 Å². The maximum absolute atomic E-state index is 13.1. The van der Waals surface area contributed by atoms with Crippen LogP contribution >= 0.6 is 0 Å². The van der Waals surface area contributed by atoms with Crippen molar-refractivity contribution in [3.63, 3.8) is 0 Å². The van der Waals surface area contributed by atoms with Crippen LogP contribution in [0.2, 0.25) is 0 Å². The monoisotopic (exact) mass is 405 g/mol. The molecule has 2 aromatic carbocycles. The second kappa shape index (κ2) is 7.94. The molecule has 0 spiro atoms. The number of nitrogens with one attached hydrogen (secondary N) is 2. The lowest BCUT2D eigenvalue weighted by Gasteiger charge is -2.18. The minimum absolute atomic E-state index is 0.0539. The van der Waals surface area contributed by atoms with Crippen molar-refractivity contribution in [1.29, 1.82) is 0 Å². The second-order valence-corrected chi connectivity index (χ2v) is 6.67. The molecule has 29 heavy (non-hydrogen) atoms. The molecule has 152 valence electrons. The summed E-state index contributed by atoms with van der Waals surface area (Å²) in [6, 6.07) is 11.2. The summed E-state index contributed by atoms with van der Waals surface area (Å²) in [5, 5.41) is 4.90. The average Bonchev–Trinajstić information content (AvgIpc) is 3.03. The molecule has 0 aromatic heterocycles. The minimum Gasteiger partial charge on any atom is -0.326 e. The van der Waals surface area contributed by atoms with E-state index in [0.717, 1.165) is 6.07 Å². The van der Waals surface area contributed by atoms with Gasteiger partial charge in [0.15, 0.2) is 0 Å². The lowest BCUT2D eigenvalue weighted by atomic mass is 10.1. The Morgan fingerprint density at radius 3 is 2.31 bits per heavy atom. The molecular weight excluding hydrogens is 387 g/mol. The van der Waals surface area contributed by atoms with Crippen molar-refractivity contribution in [2.24, 2.45) is 5.92 Å². The Morgan fingerprint density at radius 2 is 1.69 bits per heavy atom. The van der Waals surface area contributed by atoms with Gasteiger partial charge in [0.05, 0.1) is 17.2 Å². The zero-order valence-corrected chi connectivity index (χ0v) is 15.4. The normalized spacial score (nSPS) is 16.6. The fourth-order valence-corrected chi connectivity index (χ4v) is 3.13. The lowest BCUT2D eigenvalue weighted by molar-refractivity contribution is -0.137. The molecule has 1 aliphatic rings. The van der Waals surface area contributed by atoms with Gasteiger partial charge in [-0.05, 0) is 36.4 Å². The summed E-state index contributed by atoms with van der Waals surface area (Å²) in [5.41, 5.74) is -0.181. The molecule has 0 saturated carbocycles. The Labute approximate surface area is 164 Å². The molecule has 1 heterocycles. The van der Waals surface area contributed by atoms with E-state index in [0.29, 0.717) is 11.4 Å². The number of para-hydroxylation sites is 1. The van der Waals surface area contributed by atoms with Crippen molar-refractivity contribution >= 4 is 34.8 Å². The van der Waals surface area contributed by atoms with E-state index in [9.17, 15) is 27.6 Å². The van der Waals surface area contributed by atoms with Gasteiger partial charge in [0.2, 0.25) is 17.7 Å². The van der Waals surface area contributed by atoms with Crippen LogP contribution in [0.15, 0.2) is 48.5 Å². The van der Waals surface area contributed by atoms with Gasteiger partial charge in [-0.2, -0.15) is 13.2 Å². The number of benzene rings is 2. The van der Waals surface area contributed by atoms with Crippen LogP contribution in [0, 0.1) is 5.92 Å². The molecule has 1 aliphatic heterocycles. The predicted molar refractivity (Wildman–Crippen MR) is 101 cm³/mol. The molecule has 1 fully saturated rings. The van der Waals surface area contributed by atoms with E-state index in [1.807, 2.05) is 0 Å². The molecule has 3 rings (SSSR count). The Kier molecular flexibility index (Phi) is 5.58. The first-order valence-electron chi connectivity index (χ1n) is 8.80. The number of rotatable bonds is 4. The Balaban J connectivity index is 1.70. The van der Waals surface area contributed by atoms with Gasteiger partial charge in [0.25, 0.3) is 0 Å². The van der Waals surface area contributed by atoms with Gasteiger partial charge < -0.3 is 15.5 Å². The highest BCUT2D eigenvalue weighted by Gasteiger charge is 2.37. The third-order valence-corrected chi connectivity index (χ3v) is 4.49. The summed E-state index contributed by atoms with van der Waals surface area (Å²) in [4.78, 5) is 37.3. The van der Waals surface area contributed by atoms with Crippen LogP contribution in [0.5, 0.6) is 0 Å². The Morgan fingerprint density at radius 1 is 1.03 bits per heavy atom. The largest absolute Gasteiger partial charge is 0.418 e. The first-order valence-corrected chi connectivity index (χ1v) is 8.80. The summed E-state index contributed by atoms with van der Waals surface area (Å²) >= 11 is 0. The molecule has 2 aromatic rings. The van der Waals surface area contributed by atoms with Crippen molar-refractivity contribution in [3.05, 3.63) is 54.1 Å². The molecule has 0 radical (unpaired) electrons. The number of hydrogen-bond acceptors (Lipinski definition) is 3. The molecule has 1 saturated heterocycles. The zero-order valence-electron chi connectivity index (χ0n) is 15.4. The number of alkyl halides is 3. The summed E-state index contributed by atoms with van der Waals surface area (Å²) in [6.45, 7) is 1.43. The summed E-state index contributed by atoms with van der Waals surface area (Å²) < 4.78 is 39.3. The van der Waals surface area contributed by atoms with Gasteiger partial charge in [-0.1, -0.05) is 12.1 Å². The van der Waals surface area contributed by atoms with Crippen molar-refractivity contribution in [1.82, 2.24) is 0 Å². The molecule has 1 atom stereocenters. The molecule has 0 aliphatic carbocycles. The molecule has 9 heteroatoms. The van der Waals surface area contributed by atoms with Crippen LogP contribution in [0.25, 0.3) is 0 Å². The number of hydrogen-bond donors (Lipinski definition) is 2. The van der Waals surface area contributed by atoms with Crippen LogP contribution in [-0.4, -0.2) is 24.3 Å². The van der Waals surface area contributed by atoms with E-state index in [2.05, 4.69) is 10.6 Å². The van der Waals surface area contributed by atoms with E-state index in [1.54, 1.807) is 24.3 Å². The fourth-order valence-electron chi connectivity index (χ4n) is 3.13. The van der Waals surface area contributed by atoms with Gasteiger partial charge in [-0.15, -0.1) is 0 Å². The van der Waals surface area contributed by atoms with E-state index in [-0.39, 0.29) is 30.5 Å². The minimum atomic E-state index is -4.60. The van der Waals surface area contributed by atoms with Gasteiger partial charge in [0.1, 0.15) is 0 Å². The van der Waals surface area contributed by atoms with Crippen LogP contribution in [0.3, 0.4) is 0 Å². The maximum Gasteiger partial charge on any atom is 0.418 e. The van der Waals surface area contributed by atoms with Gasteiger partial charge in [0, 0.05) is 31.3 Å². The third kappa shape index (κ3) is 4.74. The van der Waals surface area contributed by atoms with Gasteiger partial charge in [-0.3, -0.25) is 14.4 Å². The number of carbonyl (C=O) groups is 3. The van der Waals surface area contributed by atoms with Crippen molar-refractivity contribution in [2.45, 2.75) is 19.5 Å². The molecule has 2 N–H and O–H groups in total. The first-order chi connectivity index (χ1) is 13.6. The summed E-state index contributed by atoms with van der Waals surface area (Å²) in [6.07, 6.45) is -4.70. The summed E-state index contributed by atoms with van der Waals surface area (Å²) in [5.74, 6) is -1.96. The standard InChI is InChI=1S/C20H18F3N3O3/c1-12(27)24-14-6-8-15(9-7-14)26-11-13(10-18(26)28)19(29)25-17-5-3-2-4-16(17)20(21,22)23/h2-9,13H,10-11H2,1H3,(H,24,27)(H,25,29). The van der Waals surface area contributed by atoms with Crippen molar-refractivity contribution < 1.29 is 27.6 Å². The number of anilines is 3. The van der Waals surface area contributed by atoms with E-state index in [1.165, 1.54) is 30.0 Å². The molecule has 0 bridgehead atoms. The van der Waals surface area contributed by atoms with Crippen molar-refractivity contribution in [2.75, 3.05) is 22.1 Å². The SMILES string of the molecule is CC(=O)Nc1ccc(N2CC(C(=O)Nc3ccccc3C(F)(F)F)CC2=O)cc1. The van der Waals surface area contributed by atoms with E-state index < -0.39 is 23.6 Å². The molecule has 3 amide bonds. The zero-order chi connectivity index (χ0) is 21.2. The second-order valence-electron chi connectivity index (χ2n) is 6.67. The molecular formula is C20H18F3N3O3. The highest BCUT2D eigenvalue weighted by atomic mass is 19.4. The average molecular weight is 405 g/mol. The topological polar surface area (TPSA) is 78.5 Å². The highest BCUT2D eigenvalue weighted by molar-refractivity contribution is 6.04. The van der Waals surface area contributed by atoms with Crippen LogP contribution in [0.1, 0.15) is 18.9 Å². The number of carbonyl (C=O) groups excluding carboxylic acids is 3. The molecule has 1 unspecified atom stereocenters. The number of nitrogens with zero attached hydrogens (tertiary/aromatic N) is 1. The summed E-state index contributed by atoms with van der Waals surface area (Å²) in [7, 11) is 0. The third-order valence-electron chi connectivity index (χ3n) is 4.49. The highest BCUT2D eigenvalue weighted by Crippen LogP contribution is 2.35. The Bertz CT molecular complexity index is 942. The number of halogens is 3. The van der Waals surface area contributed by atoms with Gasteiger partial charge >= 0.3 is 6.18 Å². The van der Waals surface area contributed by atoms with Crippen molar-refractivity contribution in [3.8, 4) is 0 Å². The fraction of sp³-hybridized carbons (Fsp3) is 0.250. The smallest absolute Gasteiger partial charge is 0.326 e. The Hall–Kier alpha value is -3.36. The van der Waals surface area contributed by atoms with Crippen LogP contribution in [0.4, 0.5) is 30.2 Å². The lowest BCUT2D eigenvalue weighted by Crippen LogP contribution is -2.28. The van der Waals surface area contributed by atoms with Crippen LogP contribution < -0.4 is 15.5 Å². The molecule has 6 nitrogen and oxygen atoms in total. The quantitative estimate of drug-likeness (QED) is 0.815.